The molecule has 0 fully saturated rings. The number of pyridine rings is 1. The molecule has 22 heavy (non-hydrogen) atoms. The highest BCUT2D eigenvalue weighted by Crippen LogP contribution is 2.38. The monoisotopic (exact) mass is 357 g/mol. The van der Waals surface area contributed by atoms with Crippen molar-refractivity contribution >= 4 is 21.7 Å². The fraction of sp³-hybridized carbons (Fsp3) is 0.294. The van der Waals surface area contributed by atoms with Gasteiger partial charge in [0.15, 0.2) is 0 Å². The molecule has 1 aromatic heterocycles. The second-order valence-electron chi connectivity index (χ2n) is 5.34. The quantitative estimate of drug-likeness (QED) is 0.885. The van der Waals surface area contributed by atoms with Crippen LogP contribution >= 0.6 is 15.9 Å². The van der Waals surface area contributed by atoms with E-state index in [0.717, 1.165) is 58.3 Å². The highest BCUT2D eigenvalue weighted by molar-refractivity contribution is 9.10. The molecular weight excluding hydrogens is 342 g/mol. The van der Waals surface area contributed by atoms with Gasteiger partial charge in [0.1, 0.15) is 23.2 Å². The molecule has 1 heterocycles. The van der Waals surface area contributed by atoms with Crippen molar-refractivity contribution in [3.63, 3.8) is 0 Å². The molecule has 2 N–H and O–H groups in total. The molecule has 0 spiro atoms. The zero-order chi connectivity index (χ0) is 15.7. The van der Waals surface area contributed by atoms with Crippen LogP contribution in [0.5, 0.6) is 5.75 Å². The van der Waals surface area contributed by atoms with Gasteiger partial charge >= 0.3 is 0 Å². The molecule has 0 aliphatic heterocycles. The summed E-state index contributed by atoms with van der Waals surface area (Å²) in [5, 5.41) is 9.53. The topological polar surface area (TPSA) is 71.9 Å². The Kier molecular flexibility index (Phi) is 4.04. The van der Waals surface area contributed by atoms with Gasteiger partial charge in [-0.2, -0.15) is 5.26 Å². The predicted octanol–water partition coefficient (Wildman–Crippen LogP) is 3.85. The molecule has 0 saturated heterocycles. The van der Waals surface area contributed by atoms with Gasteiger partial charge in [-0.05, 0) is 64.9 Å². The minimum Gasteiger partial charge on any atom is -0.496 e. The van der Waals surface area contributed by atoms with E-state index in [0.29, 0.717) is 11.4 Å². The Bertz CT molecular complexity index is 780. The van der Waals surface area contributed by atoms with Crippen molar-refractivity contribution in [3.8, 4) is 22.9 Å². The molecule has 1 aliphatic carbocycles. The van der Waals surface area contributed by atoms with Gasteiger partial charge in [-0.15, -0.1) is 0 Å². The number of methoxy groups -OCH3 is 1. The number of aryl methyl sites for hydroxylation is 1. The van der Waals surface area contributed by atoms with E-state index in [2.05, 4.69) is 27.0 Å². The number of nitrogens with zero attached hydrogens (tertiary/aromatic N) is 2. The maximum Gasteiger partial charge on any atom is 0.142 e. The molecule has 0 saturated carbocycles. The molecule has 2 aromatic rings. The Hall–Kier alpha value is -2.06. The van der Waals surface area contributed by atoms with E-state index in [1.807, 2.05) is 18.2 Å². The molecule has 1 aromatic carbocycles. The van der Waals surface area contributed by atoms with Crippen molar-refractivity contribution in [1.82, 2.24) is 4.98 Å². The third-order valence-corrected chi connectivity index (χ3v) is 4.67. The van der Waals surface area contributed by atoms with Crippen molar-refractivity contribution in [2.75, 3.05) is 12.8 Å². The molecular formula is C17H16BrN3O. The second-order valence-corrected chi connectivity index (χ2v) is 6.19. The molecule has 1 aliphatic rings. The Morgan fingerprint density at radius 1 is 1.32 bits per heavy atom. The zero-order valence-electron chi connectivity index (χ0n) is 12.3. The molecule has 0 radical (unpaired) electrons. The summed E-state index contributed by atoms with van der Waals surface area (Å²) >= 11 is 3.51. The van der Waals surface area contributed by atoms with Gasteiger partial charge in [0.25, 0.3) is 0 Å². The molecule has 0 unspecified atom stereocenters. The van der Waals surface area contributed by atoms with Crippen LogP contribution in [-0.2, 0) is 12.8 Å². The summed E-state index contributed by atoms with van der Waals surface area (Å²) in [7, 11) is 1.63. The van der Waals surface area contributed by atoms with Gasteiger partial charge in [0.05, 0.1) is 11.6 Å². The first-order chi connectivity index (χ1) is 10.7. The van der Waals surface area contributed by atoms with Crippen LogP contribution < -0.4 is 10.5 Å². The number of nitriles is 1. The van der Waals surface area contributed by atoms with Crippen molar-refractivity contribution in [1.29, 1.82) is 5.26 Å². The third-order valence-electron chi connectivity index (χ3n) is 4.05. The van der Waals surface area contributed by atoms with Crippen LogP contribution in [0.15, 0.2) is 22.7 Å². The molecule has 0 bridgehead atoms. The summed E-state index contributed by atoms with van der Waals surface area (Å²) in [6.07, 6.45) is 4.11. The van der Waals surface area contributed by atoms with E-state index >= 15 is 0 Å². The number of rotatable bonds is 2. The standard InChI is InChI=1S/C17H16BrN3O/c1-22-15-7-6-10(8-13(15)18)16-11-4-2-3-5-14(11)21-17(20)12(16)9-19/h6-8H,2-5H2,1H3,(H2,20,21). The lowest BCUT2D eigenvalue weighted by Crippen LogP contribution is -2.11. The first-order valence-corrected chi connectivity index (χ1v) is 8.00. The highest BCUT2D eigenvalue weighted by atomic mass is 79.9. The molecule has 4 nitrogen and oxygen atoms in total. The van der Waals surface area contributed by atoms with Crippen molar-refractivity contribution in [3.05, 3.63) is 39.5 Å². The Morgan fingerprint density at radius 3 is 2.77 bits per heavy atom. The maximum atomic E-state index is 9.53. The van der Waals surface area contributed by atoms with Crippen LogP contribution in [0.3, 0.4) is 0 Å². The summed E-state index contributed by atoms with van der Waals surface area (Å²) in [6, 6.07) is 8.06. The van der Waals surface area contributed by atoms with E-state index < -0.39 is 0 Å². The lowest BCUT2D eigenvalue weighted by molar-refractivity contribution is 0.412. The first kappa shape index (κ1) is 14.9. The van der Waals surface area contributed by atoms with Crippen LogP contribution in [0.25, 0.3) is 11.1 Å². The van der Waals surface area contributed by atoms with E-state index in [1.165, 1.54) is 0 Å². The third kappa shape index (κ3) is 2.44. The Morgan fingerprint density at radius 2 is 2.09 bits per heavy atom. The molecule has 0 atom stereocenters. The van der Waals surface area contributed by atoms with E-state index in [9.17, 15) is 5.26 Å². The number of benzene rings is 1. The number of hydrogen-bond acceptors (Lipinski definition) is 4. The zero-order valence-corrected chi connectivity index (χ0v) is 13.9. The lowest BCUT2D eigenvalue weighted by atomic mass is 9.86. The summed E-state index contributed by atoms with van der Waals surface area (Å²) in [5.41, 5.74) is 10.6. The van der Waals surface area contributed by atoms with Gasteiger partial charge in [0, 0.05) is 11.3 Å². The van der Waals surface area contributed by atoms with Crippen molar-refractivity contribution in [2.24, 2.45) is 0 Å². The van der Waals surface area contributed by atoms with Crippen LogP contribution in [0, 0.1) is 11.3 Å². The minimum atomic E-state index is 0.324. The number of anilines is 1. The van der Waals surface area contributed by atoms with Crippen LogP contribution in [0.1, 0.15) is 29.7 Å². The highest BCUT2D eigenvalue weighted by Gasteiger charge is 2.22. The Labute approximate surface area is 138 Å². The van der Waals surface area contributed by atoms with Crippen LogP contribution in [-0.4, -0.2) is 12.1 Å². The smallest absolute Gasteiger partial charge is 0.142 e. The van der Waals surface area contributed by atoms with E-state index in [-0.39, 0.29) is 0 Å². The molecule has 112 valence electrons. The number of aromatic nitrogens is 1. The van der Waals surface area contributed by atoms with Crippen molar-refractivity contribution in [2.45, 2.75) is 25.7 Å². The van der Waals surface area contributed by atoms with E-state index in [1.54, 1.807) is 7.11 Å². The van der Waals surface area contributed by atoms with Gasteiger partial charge in [-0.25, -0.2) is 4.98 Å². The number of nitrogen functional groups attached to an aromatic ring is 1. The molecule has 5 heteroatoms. The fourth-order valence-electron chi connectivity index (χ4n) is 3.02. The average molecular weight is 358 g/mol. The predicted molar refractivity (Wildman–Crippen MR) is 89.7 cm³/mol. The normalized spacial score (nSPS) is 13.3. The number of fused-ring (bicyclic) bond motifs is 1. The SMILES string of the molecule is COc1ccc(-c2c(C#N)c(N)nc3c2CCCC3)cc1Br. The second kappa shape index (κ2) is 5.98. The van der Waals surface area contributed by atoms with Gasteiger partial charge in [-0.3, -0.25) is 0 Å². The maximum absolute atomic E-state index is 9.53. The number of halogens is 1. The summed E-state index contributed by atoms with van der Waals surface area (Å²) in [6.45, 7) is 0. The fourth-order valence-corrected chi connectivity index (χ4v) is 3.56. The summed E-state index contributed by atoms with van der Waals surface area (Å²) in [4.78, 5) is 4.45. The van der Waals surface area contributed by atoms with Gasteiger partial charge < -0.3 is 10.5 Å². The summed E-state index contributed by atoms with van der Waals surface area (Å²) in [5.74, 6) is 1.09. The lowest BCUT2D eigenvalue weighted by Gasteiger charge is -2.21. The average Bonchev–Trinajstić information content (AvgIpc) is 2.53. The van der Waals surface area contributed by atoms with Crippen LogP contribution in [0.2, 0.25) is 0 Å². The molecule has 3 rings (SSSR count). The van der Waals surface area contributed by atoms with Crippen LogP contribution in [0.4, 0.5) is 5.82 Å². The number of ether oxygens (including phenoxy) is 1. The van der Waals surface area contributed by atoms with Crippen molar-refractivity contribution < 1.29 is 4.74 Å². The van der Waals surface area contributed by atoms with Gasteiger partial charge in [0.2, 0.25) is 0 Å². The minimum absolute atomic E-state index is 0.324. The number of hydrogen-bond donors (Lipinski definition) is 1. The number of nitrogens with two attached hydrogens (primary N) is 1. The van der Waals surface area contributed by atoms with Gasteiger partial charge in [-0.1, -0.05) is 6.07 Å². The first-order valence-electron chi connectivity index (χ1n) is 7.21. The Balaban J connectivity index is 2.27. The summed E-state index contributed by atoms with van der Waals surface area (Å²) < 4.78 is 6.14. The molecule has 0 amide bonds. The largest absolute Gasteiger partial charge is 0.496 e. The van der Waals surface area contributed by atoms with E-state index in [4.69, 9.17) is 10.5 Å².